The van der Waals surface area contributed by atoms with Crippen molar-refractivity contribution >= 4 is 5.97 Å². The summed E-state index contributed by atoms with van der Waals surface area (Å²) < 4.78 is 10.2. The molecule has 0 fully saturated rings. The van der Waals surface area contributed by atoms with Crippen LogP contribution in [0.5, 0.6) is 0 Å². The summed E-state index contributed by atoms with van der Waals surface area (Å²) in [6.07, 6.45) is 1.32. The summed E-state index contributed by atoms with van der Waals surface area (Å²) >= 11 is 0. The Hall–Kier alpha value is -2.14. The molecule has 0 saturated carbocycles. The van der Waals surface area contributed by atoms with Crippen LogP contribution in [0.3, 0.4) is 0 Å². The van der Waals surface area contributed by atoms with Crippen molar-refractivity contribution in [1.82, 2.24) is 4.98 Å². The Morgan fingerprint density at radius 1 is 1.40 bits per heavy atom. The van der Waals surface area contributed by atoms with E-state index in [4.69, 9.17) is 14.3 Å². The van der Waals surface area contributed by atoms with E-state index in [0.717, 1.165) is 6.42 Å². The molecule has 5 heteroatoms. The molecule has 0 aliphatic heterocycles. The maximum absolute atomic E-state index is 11.0. The van der Waals surface area contributed by atoms with E-state index in [9.17, 15) is 4.79 Å². The fourth-order valence-corrected chi connectivity index (χ4v) is 2.03. The minimum atomic E-state index is -1.12. The van der Waals surface area contributed by atoms with Crippen molar-refractivity contribution in [2.24, 2.45) is 0 Å². The van der Waals surface area contributed by atoms with Crippen LogP contribution in [0.4, 0.5) is 0 Å². The van der Waals surface area contributed by atoms with Crippen molar-refractivity contribution in [1.29, 1.82) is 0 Å². The molecule has 1 aromatic heterocycles. The van der Waals surface area contributed by atoms with E-state index in [1.54, 1.807) is 0 Å². The lowest BCUT2D eigenvalue weighted by Gasteiger charge is -2.00. The molecule has 0 aliphatic rings. The quantitative estimate of drug-likeness (QED) is 0.877. The Balaban J connectivity index is 2.09. The molecule has 0 atom stereocenters. The molecule has 0 radical (unpaired) electrons. The molecule has 106 valence electrons. The number of benzene rings is 1. The second-order valence-electron chi connectivity index (χ2n) is 4.61. The van der Waals surface area contributed by atoms with Crippen molar-refractivity contribution in [3.63, 3.8) is 0 Å². The van der Waals surface area contributed by atoms with Crippen LogP contribution in [0, 0.1) is 6.92 Å². The van der Waals surface area contributed by atoms with Crippen LogP contribution >= 0.6 is 0 Å². The highest BCUT2D eigenvalue weighted by Gasteiger charge is 2.19. The van der Waals surface area contributed by atoms with Crippen LogP contribution in [0.1, 0.15) is 33.3 Å². The lowest BCUT2D eigenvalue weighted by atomic mass is 10.1. The number of rotatable bonds is 6. The molecular weight excluding hydrogens is 258 g/mol. The molecule has 0 aliphatic carbocycles. The van der Waals surface area contributed by atoms with Gasteiger partial charge in [-0.25, -0.2) is 9.78 Å². The van der Waals surface area contributed by atoms with Gasteiger partial charge in [-0.1, -0.05) is 29.8 Å². The molecule has 2 aromatic rings. The van der Waals surface area contributed by atoms with Crippen LogP contribution in [-0.4, -0.2) is 23.2 Å². The Bertz CT molecular complexity index is 604. The number of hydrogen-bond acceptors (Lipinski definition) is 4. The minimum absolute atomic E-state index is 0.133. The summed E-state index contributed by atoms with van der Waals surface area (Å²) in [5.41, 5.74) is 2.70. The van der Waals surface area contributed by atoms with E-state index in [-0.39, 0.29) is 12.4 Å². The fourth-order valence-electron chi connectivity index (χ4n) is 2.03. The number of nitrogens with zero attached hydrogens (tertiary/aromatic N) is 1. The van der Waals surface area contributed by atoms with Gasteiger partial charge in [-0.2, -0.15) is 0 Å². The third-order valence-electron chi connectivity index (χ3n) is 2.93. The number of aromatic carboxylic acids is 1. The van der Waals surface area contributed by atoms with Gasteiger partial charge < -0.3 is 14.3 Å². The molecule has 0 unspecified atom stereocenters. The van der Waals surface area contributed by atoms with E-state index in [2.05, 4.69) is 11.1 Å². The van der Waals surface area contributed by atoms with Crippen molar-refractivity contribution in [2.45, 2.75) is 26.4 Å². The smallest absolute Gasteiger partial charge is 0.373 e. The third-order valence-corrected chi connectivity index (χ3v) is 2.93. The van der Waals surface area contributed by atoms with Gasteiger partial charge in [0.1, 0.15) is 5.69 Å². The first kappa shape index (κ1) is 14.3. The number of carbonyl (C=O) groups is 1. The monoisotopic (exact) mass is 275 g/mol. The summed E-state index contributed by atoms with van der Waals surface area (Å²) in [6.45, 7) is 2.17. The maximum atomic E-state index is 11.0. The highest BCUT2D eigenvalue weighted by atomic mass is 16.5. The number of ether oxygens (including phenoxy) is 1. The summed E-state index contributed by atoms with van der Waals surface area (Å²) in [7, 11) is 1.49. The molecule has 1 heterocycles. The van der Waals surface area contributed by atoms with Gasteiger partial charge in [-0.05, 0) is 18.9 Å². The van der Waals surface area contributed by atoms with Crippen LogP contribution in [0.25, 0.3) is 0 Å². The van der Waals surface area contributed by atoms with Gasteiger partial charge in [0.05, 0.1) is 6.61 Å². The predicted octanol–water partition coefficient (Wildman–Crippen LogP) is 2.61. The third kappa shape index (κ3) is 3.45. The number of oxazole rings is 1. The molecule has 5 nitrogen and oxygen atoms in total. The van der Waals surface area contributed by atoms with Crippen molar-refractivity contribution in [2.75, 3.05) is 7.11 Å². The van der Waals surface area contributed by atoms with E-state index < -0.39 is 5.97 Å². The molecule has 0 spiro atoms. The van der Waals surface area contributed by atoms with E-state index >= 15 is 0 Å². The maximum Gasteiger partial charge on any atom is 0.373 e. The fraction of sp³-hybridized carbons (Fsp3) is 0.333. The number of aromatic nitrogens is 1. The van der Waals surface area contributed by atoms with Crippen molar-refractivity contribution in [3.05, 3.63) is 52.7 Å². The predicted molar refractivity (Wildman–Crippen MR) is 72.8 cm³/mol. The molecule has 2 rings (SSSR count). The number of methoxy groups -OCH3 is 1. The molecule has 1 N–H and O–H groups in total. The second kappa shape index (κ2) is 6.34. The zero-order chi connectivity index (χ0) is 14.5. The Labute approximate surface area is 117 Å². The highest BCUT2D eigenvalue weighted by Crippen LogP contribution is 2.15. The summed E-state index contributed by atoms with van der Waals surface area (Å²) in [6, 6.07) is 8.16. The largest absolute Gasteiger partial charge is 0.475 e. The summed E-state index contributed by atoms with van der Waals surface area (Å²) in [5.74, 6) is -0.826. The molecule has 0 saturated heterocycles. The van der Waals surface area contributed by atoms with E-state index in [0.29, 0.717) is 18.0 Å². The van der Waals surface area contributed by atoms with E-state index in [1.807, 2.05) is 25.1 Å². The number of aryl methyl sites for hydroxylation is 3. The normalized spacial score (nSPS) is 10.7. The summed E-state index contributed by atoms with van der Waals surface area (Å²) in [4.78, 5) is 15.2. The van der Waals surface area contributed by atoms with Crippen LogP contribution in [0.15, 0.2) is 28.7 Å². The van der Waals surface area contributed by atoms with Gasteiger partial charge in [0.2, 0.25) is 5.76 Å². The van der Waals surface area contributed by atoms with E-state index in [1.165, 1.54) is 18.2 Å². The van der Waals surface area contributed by atoms with Gasteiger partial charge in [0.25, 0.3) is 0 Å². The molecule has 0 amide bonds. The number of carboxylic acids is 1. The van der Waals surface area contributed by atoms with Gasteiger partial charge in [-0.15, -0.1) is 0 Å². The Morgan fingerprint density at radius 3 is 2.85 bits per heavy atom. The van der Waals surface area contributed by atoms with Crippen LogP contribution < -0.4 is 0 Å². The Kier molecular flexibility index (Phi) is 4.53. The van der Waals surface area contributed by atoms with Crippen LogP contribution in [0.2, 0.25) is 0 Å². The first-order chi connectivity index (χ1) is 9.60. The standard InChI is InChI=1S/C15H17NO4/c1-10-4-3-5-11(8-10)6-7-13-16-12(9-19-2)14(20-13)15(17)18/h3-5,8H,6-7,9H2,1-2H3,(H,17,18). The average Bonchev–Trinajstić information content (AvgIpc) is 2.80. The topological polar surface area (TPSA) is 72.6 Å². The zero-order valence-electron chi connectivity index (χ0n) is 11.5. The Morgan fingerprint density at radius 2 is 2.20 bits per heavy atom. The van der Waals surface area contributed by atoms with Gasteiger partial charge >= 0.3 is 5.97 Å². The lowest BCUT2D eigenvalue weighted by molar-refractivity contribution is 0.0653. The number of carboxylic acid groups (broad SMARTS) is 1. The van der Waals surface area contributed by atoms with Gasteiger partial charge in [0, 0.05) is 13.5 Å². The zero-order valence-corrected chi connectivity index (χ0v) is 11.5. The average molecular weight is 275 g/mol. The first-order valence-corrected chi connectivity index (χ1v) is 6.36. The highest BCUT2D eigenvalue weighted by molar-refractivity contribution is 5.85. The minimum Gasteiger partial charge on any atom is -0.475 e. The SMILES string of the molecule is COCc1nc(CCc2cccc(C)c2)oc1C(=O)O. The van der Waals surface area contributed by atoms with Crippen molar-refractivity contribution < 1.29 is 19.1 Å². The summed E-state index contributed by atoms with van der Waals surface area (Å²) in [5, 5.41) is 9.04. The van der Waals surface area contributed by atoms with Gasteiger partial charge in [0.15, 0.2) is 5.89 Å². The van der Waals surface area contributed by atoms with Gasteiger partial charge in [-0.3, -0.25) is 0 Å². The molecule has 1 aromatic carbocycles. The second-order valence-corrected chi connectivity index (χ2v) is 4.61. The van der Waals surface area contributed by atoms with Crippen molar-refractivity contribution in [3.8, 4) is 0 Å². The lowest BCUT2D eigenvalue weighted by Crippen LogP contribution is -2.00. The molecule has 0 bridgehead atoms. The molecule has 20 heavy (non-hydrogen) atoms. The first-order valence-electron chi connectivity index (χ1n) is 6.36. The number of hydrogen-bond donors (Lipinski definition) is 1. The van der Waals surface area contributed by atoms with Crippen LogP contribution in [-0.2, 0) is 24.2 Å². The molecular formula is C15H17NO4.